The van der Waals surface area contributed by atoms with Crippen LogP contribution in [0.25, 0.3) is 0 Å². The molecular weight excluding hydrogens is 274 g/mol. The largest absolute Gasteiger partial charge is 0.493 e. The van der Waals surface area contributed by atoms with Crippen LogP contribution in [0.2, 0.25) is 0 Å². The van der Waals surface area contributed by atoms with Crippen molar-refractivity contribution in [2.75, 3.05) is 14.2 Å². The molecule has 21 heavy (non-hydrogen) atoms. The summed E-state index contributed by atoms with van der Waals surface area (Å²) in [6, 6.07) is 5.41. The molecule has 0 bridgehead atoms. The maximum Gasteiger partial charge on any atom is 0.267 e. The van der Waals surface area contributed by atoms with Gasteiger partial charge in [0.2, 0.25) is 5.91 Å². The summed E-state index contributed by atoms with van der Waals surface area (Å²) in [5.74, 6) is 0.773. The quantitative estimate of drug-likeness (QED) is 0.830. The Morgan fingerprint density at radius 3 is 2.67 bits per heavy atom. The second-order valence-electron chi connectivity index (χ2n) is 4.47. The van der Waals surface area contributed by atoms with Gasteiger partial charge in [-0.05, 0) is 17.7 Å². The van der Waals surface area contributed by atoms with E-state index >= 15 is 0 Å². The average Bonchev–Trinajstić information content (AvgIpc) is 2.52. The van der Waals surface area contributed by atoms with Crippen molar-refractivity contribution >= 4 is 17.5 Å². The highest BCUT2D eigenvalue weighted by Crippen LogP contribution is 2.27. The summed E-state index contributed by atoms with van der Waals surface area (Å²) in [6.45, 7) is 0.339. The molecule has 0 atom stereocenters. The van der Waals surface area contributed by atoms with Crippen molar-refractivity contribution in [3.63, 3.8) is 0 Å². The van der Waals surface area contributed by atoms with E-state index in [1.165, 1.54) is 0 Å². The van der Waals surface area contributed by atoms with Crippen molar-refractivity contribution in [1.29, 1.82) is 0 Å². The zero-order chi connectivity index (χ0) is 15.2. The molecule has 0 spiro atoms. The van der Waals surface area contributed by atoms with Gasteiger partial charge in [-0.15, -0.1) is 0 Å². The Morgan fingerprint density at radius 2 is 2.05 bits per heavy atom. The van der Waals surface area contributed by atoms with Crippen molar-refractivity contribution in [2.45, 2.75) is 19.4 Å². The maximum absolute atomic E-state index is 11.9. The number of ether oxygens (including phenoxy) is 2. The van der Waals surface area contributed by atoms with Crippen LogP contribution in [0.15, 0.2) is 23.3 Å². The highest BCUT2D eigenvalue weighted by molar-refractivity contribution is 6.39. The van der Waals surface area contributed by atoms with E-state index in [9.17, 15) is 9.59 Å². The second kappa shape index (κ2) is 6.74. The van der Waals surface area contributed by atoms with E-state index in [-0.39, 0.29) is 18.2 Å². The van der Waals surface area contributed by atoms with Gasteiger partial charge in [0.05, 0.1) is 14.2 Å². The standard InChI is InChI=1S/C14H17N3O4/c1-20-11-5-3-9(7-12(11)21-2)8-15-14(19)10-4-6-13(18)17-16-10/h3,5,7H,4,6,8H2,1-2H3,(H,15,19)(H,17,18). The normalized spacial score (nSPS) is 14.0. The predicted molar refractivity (Wildman–Crippen MR) is 76.2 cm³/mol. The summed E-state index contributed by atoms with van der Waals surface area (Å²) in [7, 11) is 3.12. The van der Waals surface area contributed by atoms with E-state index in [2.05, 4.69) is 15.8 Å². The Hall–Kier alpha value is -2.57. The van der Waals surface area contributed by atoms with Crippen LogP contribution in [0.5, 0.6) is 11.5 Å². The van der Waals surface area contributed by atoms with Crippen molar-refractivity contribution < 1.29 is 19.1 Å². The zero-order valence-corrected chi connectivity index (χ0v) is 11.9. The lowest BCUT2D eigenvalue weighted by Gasteiger charge is -2.13. The Bertz CT molecular complexity index is 584. The maximum atomic E-state index is 11.9. The first-order chi connectivity index (χ1) is 10.1. The molecule has 0 unspecified atom stereocenters. The number of nitrogens with zero attached hydrogens (tertiary/aromatic N) is 1. The van der Waals surface area contributed by atoms with Crippen LogP contribution in [-0.4, -0.2) is 31.7 Å². The first-order valence-corrected chi connectivity index (χ1v) is 6.48. The number of carbonyl (C=O) groups is 2. The number of benzene rings is 1. The number of hydrazone groups is 1. The minimum absolute atomic E-state index is 0.175. The van der Waals surface area contributed by atoms with Crippen LogP contribution in [0.1, 0.15) is 18.4 Å². The molecule has 0 fully saturated rings. The Balaban J connectivity index is 1.96. The fourth-order valence-electron chi connectivity index (χ4n) is 1.91. The summed E-state index contributed by atoms with van der Waals surface area (Å²) in [4.78, 5) is 22.9. The van der Waals surface area contributed by atoms with Crippen LogP contribution in [-0.2, 0) is 16.1 Å². The SMILES string of the molecule is COc1ccc(CNC(=O)C2=NNC(=O)CC2)cc1OC. The third-order valence-electron chi connectivity index (χ3n) is 3.07. The zero-order valence-electron chi connectivity index (χ0n) is 11.9. The molecule has 0 radical (unpaired) electrons. The molecular formula is C14H17N3O4. The van der Waals surface area contributed by atoms with Gasteiger partial charge in [0.15, 0.2) is 11.5 Å². The van der Waals surface area contributed by atoms with Gasteiger partial charge in [0, 0.05) is 19.4 Å². The van der Waals surface area contributed by atoms with E-state index in [0.29, 0.717) is 30.2 Å². The molecule has 112 valence electrons. The van der Waals surface area contributed by atoms with Gasteiger partial charge in [0.1, 0.15) is 5.71 Å². The van der Waals surface area contributed by atoms with Crippen molar-refractivity contribution in [3.05, 3.63) is 23.8 Å². The highest BCUT2D eigenvalue weighted by Gasteiger charge is 2.18. The molecule has 2 amide bonds. The van der Waals surface area contributed by atoms with Gasteiger partial charge in [-0.25, -0.2) is 5.43 Å². The van der Waals surface area contributed by atoms with E-state index < -0.39 is 0 Å². The topological polar surface area (TPSA) is 89.0 Å². The molecule has 2 rings (SSSR count). The third-order valence-corrected chi connectivity index (χ3v) is 3.07. The first-order valence-electron chi connectivity index (χ1n) is 6.48. The van der Waals surface area contributed by atoms with E-state index in [4.69, 9.17) is 9.47 Å². The van der Waals surface area contributed by atoms with Crippen LogP contribution >= 0.6 is 0 Å². The minimum atomic E-state index is -0.287. The van der Waals surface area contributed by atoms with Gasteiger partial charge in [0.25, 0.3) is 5.91 Å². The van der Waals surface area contributed by atoms with Crippen molar-refractivity contribution in [3.8, 4) is 11.5 Å². The molecule has 0 aromatic heterocycles. The first kappa shape index (κ1) is 14.8. The van der Waals surface area contributed by atoms with Gasteiger partial charge >= 0.3 is 0 Å². The third kappa shape index (κ3) is 3.71. The molecule has 1 aromatic carbocycles. The number of nitrogens with one attached hydrogen (secondary N) is 2. The number of rotatable bonds is 5. The number of hydrogen-bond acceptors (Lipinski definition) is 5. The van der Waals surface area contributed by atoms with Gasteiger partial charge in [-0.3, -0.25) is 9.59 Å². The van der Waals surface area contributed by atoms with Gasteiger partial charge < -0.3 is 14.8 Å². The predicted octanol–water partition coefficient (Wildman–Crippen LogP) is 0.586. The lowest BCUT2D eigenvalue weighted by atomic mass is 10.1. The Labute approximate surface area is 122 Å². The highest BCUT2D eigenvalue weighted by atomic mass is 16.5. The lowest BCUT2D eigenvalue weighted by Crippen LogP contribution is -2.36. The van der Waals surface area contributed by atoms with Gasteiger partial charge in [-0.2, -0.15) is 5.10 Å². The van der Waals surface area contributed by atoms with Crippen LogP contribution < -0.4 is 20.2 Å². The molecule has 0 saturated heterocycles. The summed E-state index contributed by atoms with van der Waals surface area (Å²) < 4.78 is 10.4. The molecule has 0 saturated carbocycles. The van der Waals surface area contributed by atoms with E-state index in [0.717, 1.165) is 5.56 Å². The minimum Gasteiger partial charge on any atom is -0.493 e. The fraction of sp³-hybridized carbons (Fsp3) is 0.357. The second-order valence-corrected chi connectivity index (χ2v) is 4.47. The molecule has 1 aliphatic heterocycles. The van der Waals surface area contributed by atoms with Crippen molar-refractivity contribution in [1.82, 2.24) is 10.7 Å². The van der Waals surface area contributed by atoms with E-state index in [1.54, 1.807) is 26.4 Å². The monoisotopic (exact) mass is 291 g/mol. The Kier molecular flexibility index (Phi) is 4.76. The number of amides is 2. The van der Waals surface area contributed by atoms with Crippen molar-refractivity contribution in [2.24, 2.45) is 5.10 Å². The lowest BCUT2D eigenvalue weighted by molar-refractivity contribution is -0.121. The van der Waals surface area contributed by atoms with Crippen LogP contribution in [0.4, 0.5) is 0 Å². The van der Waals surface area contributed by atoms with Gasteiger partial charge in [-0.1, -0.05) is 6.07 Å². The molecule has 2 N–H and O–H groups in total. The summed E-state index contributed by atoms with van der Waals surface area (Å²) in [5.41, 5.74) is 3.50. The van der Waals surface area contributed by atoms with E-state index in [1.807, 2.05) is 6.07 Å². The molecule has 7 heteroatoms. The fourth-order valence-corrected chi connectivity index (χ4v) is 1.91. The molecule has 1 aliphatic rings. The summed E-state index contributed by atoms with van der Waals surface area (Å²) in [6.07, 6.45) is 0.631. The smallest absolute Gasteiger partial charge is 0.267 e. The molecule has 1 aromatic rings. The summed E-state index contributed by atoms with van der Waals surface area (Å²) in [5, 5.41) is 6.50. The number of hydrogen-bond donors (Lipinski definition) is 2. The van der Waals surface area contributed by atoms with Crippen LogP contribution in [0, 0.1) is 0 Å². The molecule has 7 nitrogen and oxygen atoms in total. The molecule has 1 heterocycles. The number of methoxy groups -OCH3 is 2. The Morgan fingerprint density at radius 1 is 1.29 bits per heavy atom. The molecule has 0 aliphatic carbocycles. The van der Waals surface area contributed by atoms with Crippen LogP contribution in [0.3, 0.4) is 0 Å². The number of carbonyl (C=O) groups excluding carboxylic acids is 2. The summed E-state index contributed by atoms with van der Waals surface area (Å²) >= 11 is 0. The average molecular weight is 291 g/mol.